The van der Waals surface area contributed by atoms with Crippen LogP contribution in [0.2, 0.25) is 0 Å². The van der Waals surface area contributed by atoms with Gasteiger partial charge < -0.3 is 11.1 Å². The maximum atomic E-state index is 12.1. The molecule has 2 rings (SSSR count). The van der Waals surface area contributed by atoms with Crippen LogP contribution in [0.4, 0.5) is 5.69 Å². The molecular weight excluding hydrogens is 224 g/mol. The highest BCUT2D eigenvalue weighted by atomic mass is 16.1. The summed E-state index contributed by atoms with van der Waals surface area (Å²) in [4.78, 5) is 12.1. The maximum Gasteiger partial charge on any atom is 0.227 e. The average molecular weight is 246 g/mol. The Bertz CT molecular complexity index is 442. The van der Waals surface area contributed by atoms with Crippen LogP contribution < -0.4 is 11.1 Å². The van der Waals surface area contributed by atoms with Gasteiger partial charge in [-0.25, -0.2) is 0 Å². The minimum absolute atomic E-state index is 0.0892. The molecule has 3 N–H and O–H groups in total. The number of nitrogens with one attached hydrogen (secondary N) is 1. The maximum absolute atomic E-state index is 12.1. The Labute approximate surface area is 109 Å². The molecule has 2 unspecified atom stereocenters. The second-order valence-electron chi connectivity index (χ2n) is 5.25. The van der Waals surface area contributed by atoms with Gasteiger partial charge in [-0.3, -0.25) is 4.79 Å². The molecule has 1 saturated carbocycles. The van der Waals surface area contributed by atoms with Crippen molar-refractivity contribution >= 4 is 11.6 Å². The van der Waals surface area contributed by atoms with Gasteiger partial charge in [0.05, 0.1) is 0 Å². The molecule has 1 aromatic carbocycles. The lowest BCUT2D eigenvalue weighted by Gasteiger charge is -2.12. The molecule has 0 heterocycles. The van der Waals surface area contributed by atoms with Crippen LogP contribution in [0, 0.1) is 12.8 Å². The smallest absolute Gasteiger partial charge is 0.227 e. The Balaban J connectivity index is 2.03. The van der Waals surface area contributed by atoms with Crippen LogP contribution in [0.3, 0.4) is 0 Å². The van der Waals surface area contributed by atoms with Crippen molar-refractivity contribution in [1.82, 2.24) is 0 Å². The van der Waals surface area contributed by atoms with Crippen molar-refractivity contribution in [2.24, 2.45) is 11.7 Å². The average Bonchev–Trinajstić information content (AvgIpc) is 2.78. The molecule has 18 heavy (non-hydrogen) atoms. The normalized spacial score (nSPS) is 23.1. The molecule has 1 aliphatic rings. The first-order valence-corrected chi connectivity index (χ1v) is 6.76. The van der Waals surface area contributed by atoms with Gasteiger partial charge in [0.15, 0.2) is 0 Å². The van der Waals surface area contributed by atoms with Crippen LogP contribution in [0.5, 0.6) is 0 Å². The molecule has 3 heteroatoms. The van der Waals surface area contributed by atoms with Crippen molar-refractivity contribution in [2.45, 2.75) is 45.6 Å². The van der Waals surface area contributed by atoms with Gasteiger partial charge in [0.25, 0.3) is 0 Å². The van der Waals surface area contributed by atoms with Gasteiger partial charge in [-0.2, -0.15) is 0 Å². The Morgan fingerprint density at radius 2 is 2.22 bits per heavy atom. The summed E-state index contributed by atoms with van der Waals surface area (Å²) < 4.78 is 0. The lowest BCUT2D eigenvalue weighted by Crippen LogP contribution is -2.23. The standard InChI is InChI=1S/C15H22N2O/c1-3-11-9-14(7-4-10(11)2)17-15(18)12-5-6-13(16)8-12/h4,7,9,12-13H,3,5-6,8,16H2,1-2H3,(H,17,18). The molecule has 3 nitrogen and oxygen atoms in total. The molecule has 1 aliphatic carbocycles. The first-order valence-electron chi connectivity index (χ1n) is 6.76. The summed E-state index contributed by atoms with van der Waals surface area (Å²) in [6.45, 7) is 4.23. The Kier molecular flexibility index (Phi) is 4.02. The number of hydrogen-bond acceptors (Lipinski definition) is 2. The van der Waals surface area contributed by atoms with Crippen molar-refractivity contribution in [3.63, 3.8) is 0 Å². The van der Waals surface area contributed by atoms with Crippen LogP contribution in [-0.2, 0) is 11.2 Å². The fourth-order valence-electron chi connectivity index (χ4n) is 2.63. The van der Waals surface area contributed by atoms with Gasteiger partial charge in [-0.05, 0) is 55.9 Å². The molecule has 1 aromatic rings. The Morgan fingerprint density at radius 3 is 2.83 bits per heavy atom. The van der Waals surface area contributed by atoms with E-state index in [0.29, 0.717) is 0 Å². The van der Waals surface area contributed by atoms with E-state index in [4.69, 9.17) is 5.73 Å². The number of amides is 1. The number of hydrogen-bond donors (Lipinski definition) is 2. The highest BCUT2D eigenvalue weighted by Crippen LogP contribution is 2.26. The Morgan fingerprint density at radius 1 is 1.44 bits per heavy atom. The molecule has 0 radical (unpaired) electrons. The molecule has 0 bridgehead atoms. The summed E-state index contributed by atoms with van der Waals surface area (Å²) in [5, 5.41) is 3.01. The summed E-state index contributed by atoms with van der Waals surface area (Å²) >= 11 is 0. The second kappa shape index (κ2) is 5.53. The molecule has 0 saturated heterocycles. The van der Waals surface area contributed by atoms with E-state index in [2.05, 4.69) is 31.3 Å². The molecule has 98 valence electrons. The number of aryl methyl sites for hydroxylation is 2. The third-order valence-corrected chi connectivity index (χ3v) is 3.84. The summed E-state index contributed by atoms with van der Waals surface area (Å²) in [6.07, 6.45) is 3.69. The summed E-state index contributed by atoms with van der Waals surface area (Å²) in [5.74, 6) is 0.209. The third-order valence-electron chi connectivity index (χ3n) is 3.84. The zero-order chi connectivity index (χ0) is 13.1. The highest BCUT2D eigenvalue weighted by molar-refractivity contribution is 5.92. The zero-order valence-corrected chi connectivity index (χ0v) is 11.2. The van der Waals surface area contributed by atoms with Gasteiger partial charge in [0, 0.05) is 17.6 Å². The molecule has 1 amide bonds. The molecule has 2 atom stereocenters. The van der Waals surface area contributed by atoms with Gasteiger partial charge in [-0.15, -0.1) is 0 Å². The van der Waals surface area contributed by atoms with Gasteiger partial charge >= 0.3 is 0 Å². The largest absolute Gasteiger partial charge is 0.328 e. The lowest BCUT2D eigenvalue weighted by molar-refractivity contribution is -0.119. The topological polar surface area (TPSA) is 55.1 Å². The van der Waals surface area contributed by atoms with Crippen LogP contribution in [0.25, 0.3) is 0 Å². The van der Waals surface area contributed by atoms with Gasteiger partial charge in [0.1, 0.15) is 0 Å². The number of carbonyl (C=O) groups excluding carboxylic acids is 1. The summed E-state index contributed by atoms with van der Waals surface area (Å²) in [6, 6.07) is 6.31. The highest BCUT2D eigenvalue weighted by Gasteiger charge is 2.27. The van der Waals surface area contributed by atoms with E-state index in [1.165, 1.54) is 11.1 Å². The Hall–Kier alpha value is -1.35. The number of nitrogens with two attached hydrogens (primary N) is 1. The molecule has 0 aliphatic heterocycles. The lowest BCUT2D eigenvalue weighted by atomic mass is 10.0. The van der Waals surface area contributed by atoms with E-state index in [1.54, 1.807) is 0 Å². The summed E-state index contributed by atoms with van der Waals surface area (Å²) in [5.41, 5.74) is 9.31. The van der Waals surface area contributed by atoms with Crippen molar-refractivity contribution < 1.29 is 4.79 Å². The second-order valence-corrected chi connectivity index (χ2v) is 5.25. The summed E-state index contributed by atoms with van der Waals surface area (Å²) in [7, 11) is 0. The van der Waals surface area contributed by atoms with Crippen LogP contribution >= 0.6 is 0 Å². The predicted octanol–water partition coefficient (Wildman–Crippen LogP) is 2.62. The first kappa shape index (κ1) is 13.1. The van der Waals surface area contributed by atoms with Gasteiger partial charge in [0.2, 0.25) is 5.91 Å². The SMILES string of the molecule is CCc1cc(NC(=O)C2CCC(N)C2)ccc1C. The zero-order valence-electron chi connectivity index (χ0n) is 11.2. The van der Waals surface area contributed by atoms with Gasteiger partial charge in [-0.1, -0.05) is 13.0 Å². The fraction of sp³-hybridized carbons (Fsp3) is 0.533. The van der Waals surface area contributed by atoms with E-state index in [1.807, 2.05) is 6.07 Å². The molecule has 0 spiro atoms. The van der Waals surface area contributed by atoms with Crippen LogP contribution in [-0.4, -0.2) is 11.9 Å². The van der Waals surface area contributed by atoms with Crippen molar-refractivity contribution in [3.8, 4) is 0 Å². The van der Waals surface area contributed by atoms with Crippen LogP contribution in [0.1, 0.15) is 37.3 Å². The molecular formula is C15H22N2O. The molecule has 1 fully saturated rings. The number of carbonyl (C=O) groups is 1. The number of anilines is 1. The minimum Gasteiger partial charge on any atom is -0.328 e. The van der Waals surface area contributed by atoms with Crippen LogP contribution in [0.15, 0.2) is 18.2 Å². The first-order chi connectivity index (χ1) is 8.60. The van der Waals surface area contributed by atoms with E-state index in [-0.39, 0.29) is 17.9 Å². The monoisotopic (exact) mass is 246 g/mol. The fourth-order valence-corrected chi connectivity index (χ4v) is 2.63. The predicted molar refractivity (Wildman–Crippen MR) is 74.5 cm³/mol. The molecule has 0 aromatic heterocycles. The minimum atomic E-state index is 0.0892. The number of rotatable bonds is 3. The quantitative estimate of drug-likeness (QED) is 0.861. The number of benzene rings is 1. The van der Waals surface area contributed by atoms with Crippen molar-refractivity contribution in [1.29, 1.82) is 0 Å². The van der Waals surface area contributed by atoms with E-state index >= 15 is 0 Å². The van der Waals surface area contributed by atoms with E-state index in [0.717, 1.165) is 31.4 Å². The van der Waals surface area contributed by atoms with Crippen molar-refractivity contribution in [2.75, 3.05) is 5.32 Å². The van der Waals surface area contributed by atoms with Crippen molar-refractivity contribution in [3.05, 3.63) is 29.3 Å². The van der Waals surface area contributed by atoms with E-state index in [9.17, 15) is 4.79 Å². The third kappa shape index (κ3) is 2.91. The van der Waals surface area contributed by atoms with E-state index < -0.39 is 0 Å².